The number of hydrogen-bond acceptors (Lipinski definition) is 5. The van der Waals surface area contributed by atoms with Gasteiger partial charge in [0.15, 0.2) is 0 Å². The molecule has 5 rings (SSSR count). The summed E-state index contributed by atoms with van der Waals surface area (Å²) in [7, 11) is 0. The molecular formula is C22H20N4OS. The van der Waals surface area contributed by atoms with E-state index < -0.39 is 0 Å². The van der Waals surface area contributed by atoms with Gasteiger partial charge in [-0.1, -0.05) is 30.3 Å². The van der Waals surface area contributed by atoms with E-state index in [1.165, 1.54) is 10.4 Å². The predicted octanol–water partition coefficient (Wildman–Crippen LogP) is 3.29. The van der Waals surface area contributed by atoms with Crippen LogP contribution in [0.25, 0.3) is 0 Å². The maximum absolute atomic E-state index is 11.8. The summed E-state index contributed by atoms with van der Waals surface area (Å²) < 4.78 is 0. The Morgan fingerprint density at radius 1 is 1.14 bits per heavy atom. The van der Waals surface area contributed by atoms with Crippen molar-refractivity contribution in [3.8, 4) is 0 Å². The van der Waals surface area contributed by atoms with Crippen molar-refractivity contribution in [2.75, 3.05) is 6.54 Å². The molecule has 0 saturated carbocycles. The lowest BCUT2D eigenvalue weighted by molar-refractivity contribution is -0.115. The van der Waals surface area contributed by atoms with E-state index in [9.17, 15) is 4.79 Å². The minimum absolute atomic E-state index is 0.0689. The van der Waals surface area contributed by atoms with Crippen LogP contribution in [0.3, 0.4) is 0 Å². The highest BCUT2D eigenvalue weighted by Gasteiger charge is 2.32. The van der Waals surface area contributed by atoms with Crippen LogP contribution < -0.4 is 10.6 Å². The van der Waals surface area contributed by atoms with Crippen molar-refractivity contribution in [1.82, 2.24) is 15.5 Å². The van der Waals surface area contributed by atoms with Gasteiger partial charge in [0.1, 0.15) is 5.84 Å². The Kier molecular flexibility index (Phi) is 4.43. The third-order valence-corrected chi connectivity index (χ3v) is 5.98. The number of thiophene rings is 1. The molecule has 0 aliphatic carbocycles. The molecule has 1 amide bonds. The monoisotopic (exact) mass is 388 g/mol. The zero-order valence-corrected chi connectivity index (χ0v) is 16.1. The first-order valence-corrected chi connectivity index (χ1v) is 10.3. The van der Waals surface area contributed by atoms with E-state index in [4.69, 9.17) is 4.99 Å². The highest BCUT2D eigenvalue weighted by molar-refractivity contribution is 7.09. The number of allylic oxidation sites excluding steroid dienone is 1. The number of carbonyl (C=O) groups excluding carboxylic acids is 1. The quantitative estimate of drug-likeness (QED) is 0.826. The van der Waals surface area contributed by atoms with Crippen molar-refractivity contribution in [2.24, 2.45) is 4.99 Å². The lowest BCUT2D eigenvalue weighted by atomic mass is 10.1. The smallest absolute Gasteiger partial charge is 0.248 e. The third-order valence-electron chi connectivity index (χ3n) is 5.11. The van der Waals surface area contributed by atoms with Gasteiger partial charge in [0.05, 0.1) is 5.70 Å². The Labute approximate surface area is 167 Å². The zero-order valence-electron chi connectivity index (χ0n) is 15.3. The number of nitrogens with one attached hydrogen (secondary N) is 2. The molecular weight excluding hydrogens is 368 g/mol. The van der Waals surface area contributed by atoms with Crippen molar-refractivity contribution in [2.45, 2.75) is 19.5 Å². The van der Waals surface area contributed by atoms with Crippen LogP contribution in [0.4, 0.5) is 0 Å². The summed E-state index contributed by atoms with van der Waals surface area (Å²) in [6.45, 7) is 2.56. The van der Waals surface area contributed by atoms with Crippen LogP contribution in [-0.2, 0) is 17.9 Å². The summed E-state index contributed by atoms with van der Waals surface area (Å²) in [6, 6.07) is 12.8. The van der Waals surface area contributed by atoms with Crippen molar-refractivity contribution >= 4 is 23.1 Å². The van der Waals surface area contributed by atoms with E-state index in [0.29, 0.717) is 0 Å². The van der Waals surface area contributed by atoms with Crippen LogP contribution in [0.2, 0.25) is 0 Å². The number of aliphatic imine (C=N–C) groups is 1. The molecule has 2 N–H and O–H groups in total. The molecule has 0 fully saturated rings. The summed E-state index contributed by atoms with van der Waals surface area (Å²) >= 11 is 1.77. The van der Waals surface area contributed by atoms with Gasteiger partial charge in [0.2, 0.25) is 5.91 Å². The van der Waals surface area contributed by atoms with Gasteiger partial charge in [0, 0.05) is 60.0 Å². The molecule has 0 saturated heterocycles. The number of benzene rings is 1. The topological polar surface area (TPSA) is 56.7 Å². The molecule has 28 heavy (non-hydrogen) atoms. The molecule has 0 bridgehead atoms. The minimum atomic E-state index is -0.0689. The van der Waals surface area contributed by atoms with Crippen LogP contribution in [0.15, 0.2) is 82.1 Å². The molecule has 6 heteroatoms. The highest BCUT2D eigenvalue weighted by Crippen LogP contribution is 2.34. The Morgan fingerprint density at radius 3 is 2.86 bits per heavy atom. The minimum Gasteiger partial charge on any atom is -0.324 e. The summed E-state index contributed by atoms with van der Waals surface area (Å²) in [5.74, 6) is 0.872. The molecule has 1 aromatic heterocycles. The number of nitrogens with zero attached hydrogens (tertiary/aromatic N) is 2. The van der Waals surface area contributed by atoms with E-state index in [1.807, 2.05) is 12.3 Å². The lowest BCUT2D eigenvalue weighted by Gasteiger charge is -2.27. The zero-order chi connectivity index (χ0) is 18.9. The fraction of sp³-hybridized carbons (Fsp3) is 0.182. The lowest BCUT2D eigenvalue weighted by Crippen LogP contribution is -2.31. The molecule has 3 aliphatic rings. The molecule has 0 spiro atoms. The van der Waals surface area contributed by atoms with Crippen LogP contribution in [-0.4, -0.2) is 23.2 Å². The van der Waals surface area contributed by atoms with Crippen molar-refractivity contribution in [1.29, 1.82) is 0 Å². The van der Waals surface area contributed by atoms with E-state index in [2.05, 4.69) is 57.3 Å². The molecule has 3 aliphatic heterocycles. The Balaban J connectivity index is 1.33. The van der Waals surface area contributed by atoms with Crippen LogP contribution in [0, 0.1) is 0 Å². The predicted molar refractivity (Wildman–Crippen MR) is 112 cm³/mol. The molecule has 1 aromatic carbocycles. The SMILES string of the molecule is O=C1C=CC2=CN=C(c3ccc(CNCc4cccs4)cc3)N3CCC(=C23)N1. The van der Waals surface area contributed by atoms with Crippen LogP contribution in [0.5, 0.6) is 0 Å². The molecule has 2 aromatic rings. The molecule has 4 heterocycles. The van der Waals surface area contributed by atoms with E-state index in [0.717, 1.165) is 54.4 Å². The van der Waals surface area contributed by atoms with Gasteiger partial charge in [-0.05, 0) is 23.1 Å². The van der Waals surface area contributed by atoms with Gasteiger partial charge < -0.3 is 15.5 Å². The van der Waals surface area contributed by atoms with Crippen LogP contribution >= 0.6 is 11.3 Å². The van der Waals surface area contributed by atoms with Crippen molar-refractivity contribution < 1.29 is 4.79 Å². The first kappa shape index (κ1) is 17.2. The Morgan fingerprint density at radius 2 is 2.04 bits per heavy atom. The van der Waals surface area contributed by atoms with Gasteiger partial charge in [-0.15, -0.1) is 11.3 Å². The molecule has 5 nitrogen and oxygen atoms in total. The average molecular weight is 388 g/mol. The van der Waals surface area contributed by atoms with Crippen LogP contribution in [0.1, 0.15) is 22.4 Å². The van der Waals surface area contributed by atoms with Gasteiger partial charge >= 0.3 is 0 Å². The van der Waals surface area contributed by atoms with Gasteiger partial charge in [0.25, 0.3) is 0 Å². The second kappa shape index (κ2) is 7.22. The number of carbonyl (C=O) groups is 1. The molecule has 140 valence electrons. The van der Waals surface area contributed by atoms with Gasteiger partial charge in [-0.25, -0.2) is 4.99 Å². The largest absolute Gasteiger partial charge is 0.324 e. The van der Waals surface area contributed by atoms with Gasteiger partial charge in [-0.3, -0.25) is 4.79 Å². The first-order valence-electron chi connectivity index (χ1n) is 9.38. The Bertz CT molecular complexity index is 1030. The molecule has 0 atom stereocenters. The fourth-order valence-electron chi connectivity index (χ4n) is 3.76. The van der Waals surface area contributed by atoms with E-state index in [1.54, 1.807) is 17.4 Å². The van der Waals surface area contributed by atoms with Gasteiger partial charge in [-0.2, -0.15) is 0 Å². The number of amidine groups is 1. The third kappa shape index (κ3) is 3.21. The highest BCUT2D eigenvalue weighted by atomic mass is 32.1. The van der Waals surface area contributed by atoms with Crippen molar-refractivity contribution in [3.05, 3.63) is 93.1 Å². The molecule has 0 unspecified atom stereocenters. The maximum Gasteiger partial charge on any atom is 0.248 e. The van der Waals surface area contributed by atoms with E-state index in [-0.39, 0.29) is 5.91 Å². The number of hydrogen-bond donors (Lipinski definition) is 2. The first-order chi connectivity index (χ1) is 13.8. The van der Waals surface area contributed by atoms with E-state index >= 15 is 0 Å². The van der Waals surface area contributed by atoms with Crippen molar-refractivity contribution in [3.63, 3.8) is 0 Å². The Hall–Kier alpha value is -2.96. The normalized spacial score (nSPS) is 17.9. The molecule has 0 radical (unpaired) electrons. The standard InChI is InChI=1S/C22H20N4OS/c27-20-8-7-17-13-24-22(26-10-9-19(25-20)21(17)26)16-5-3-15(4-6-16)12-23-14-18-2-1-11-28-18/h1-8,11,13,23H,9-10,12,14H2,(H,25,27). The average Bonchev–Trinajstić information content (AvgIpc) is 3.34. The summed E-state index contributed by atoms with van der Waals surface area (Å²) in [4.78, 5) is 20.1. The number of amides is 1. The summed E-state index contributed by atoms with van der Waals surface area (Å²) in [5.41, 5.74) is 5.39. The summed E-state index contributed by atoms with van der Waals surface area (Å²) in [5, 5.41) is 8.58. The fourth-order valence-corrected chi connectivity index (χ4v) is 4.44. The number of rotatable bonds is 5. The summed E-state index contributed by atoms with van der Waals surface area (Å²) in [6.07, 6.45) is 6.10. The second-order valence-electron chi connectivity index (χ2n) is 6.97. The maximum atomic E-state index is 11.8. The second-order valence-corrected chi connectivity index (χ2v) is 8.00.